The number of nitrogens with one attached hydrogen (secondary N) is 1. The summed E-state index contributed by atoms with van der Waals surface area (Å²) in [5.74, 6) is 0.497. The summed E-state index contributed by atoms with van der Waals surface area (Å²) < 4.78 is 5.96. The lowest BCUT2D eigenvalue weighted by molar-refractivity contribution is -0.137. The summed E-state index contributed by atoms with van der Waals surface area (Å²) in [6, 6.07) is 11.3. The van der Waals surface area contributed by atoms with Crippen molar-refractivity contribution in [2.45, 2.75) is 83.1 Å². The SMILES string of the molecule is O=C(O)CCCC/C=C(/c1cccnc1)c1ccccc1C1=N[C@@H](C(=O)NCCCCC2CCCCC2)CO1. The minimum atomic E-state index is -0.772. The van der Waals surface area contributed by atoms with E-state index in [9.17, 15) is 9.59 Å². The molecule has 1 saturated carbocycles. The first-order valence-electron chi connectivity index (χ1n) is 14.5. The van der Waals surface area contributed by atoms with E-state index in [4.69, 9.17) is 9.84 Å². The van der Waals surface area contributed by atoms with Crippen LogP contribution in [0.1, 0.15) is 93.7 Å². The second-order valence-corrected chi connectivity index (χ2v) is 10.6. The topological polar surface area (TPSA) is 101 Å². The number of aliphatic imine (C=N–C) groups is 1. The normalized spacial score (nSPS) is 17.9. The van der Waals surface area contributed by atoms with Crippen molar-refractivity contribution in [2.24, 2.45) is 10.9 Å². The smallest absolute Gasteiger partial charge is 0.303 e. The first kappa shape index (κ1) is 28.5. The Morgan fingerprint density at radius 3 is 2.67 bits per heavy atom. The van der Waals surface area contributed by atoms with Crippen molar-refractivity contribution in [1.29, 1.82) is 0 Å². The average Bonchev–Trinajstić information content (AvgIpc) is 3.46. The Morgan fingerprint density at radius 2 is 1.87 bits per heavy atom. The van der Waals surface area contributed by atoms with E-state index in [-0.39, 0.29) is 18.9 Å². The number of rotatable bonds is 14. The van der Waals surface area contributed by atoms with Crippen LogP contribution < -0.4 is 5.32 Å². The van der Waals surface area contributed by atoms with E-state index in [1.807, 2.05) is 42.6 Å². The highest BCUT2D eigenvalue weighted by molar-refractivity contribution is 6.03. The number of carbonyl (C=O) groups excluding carboxylic acids is 1. The Bertz CT molecular complexity index is 1140. The van der Waals surface area contributed by atoms with Crippen LogP contribution in [0.4, 0.5) is 0 Å². The van der Waals surface area contributed by atoms with Crippen molar-refractivity contribution in [1.82, 2.24) is 10.3 Å². The van der Waals surface area contributed by atoms with E-state index >= 15 is 0 Å². The van der Waals surface area contributed by atoms with Gasteiger partial charge in [-0.1, -0.05) is 75.3 Å². The second-order valence-electron chi connectivity index (χ2n) is 10.6. The number of unbranched alkanes of at least 4 members (excludes halogenated alkanes) is 3. The van der Waals surface area contributed by atoms with Gasteiger partial charge in [-0.15, -0.1) is 0 Å². The number of carboxylic acids is 1. The van der Waals surface area contributed by atoms with Crippen LogP contribution in [-0.4, -0.2) is 47.1 Å². The molecule has 0 unspecified atom stereocenters. The lowest BCUT2D eigenvalue weighted by Crippen LogP contribution is -2.34. The molecule has 39 heavy (non-hydrogen) atoms. The van der Waals surface area contributed by atoms with Gasteiger partial charge in [-0.25, -0.2) is 4.99 Å². The number of pyridine rings is 1. The van der Waals surface area contributed by atoms with Crippen molar-refractivity contribution in [3.63, 3.8) is 0 Å². The van der Waals surface area contributed by atoms with E-state index in [1.165, 1.54) is 38.5 Å². The van der Waals surface area contributed by atoms with Crippen LogP contribution in [0.25, 0.3) is 5.57 Å². The van der Waals surface area contributed by atoms with Gasteiger partial charge in [-0.05, 0) is 54.9 Å². The van der Waals surface area contributed by atoms with E-state index in [1.54, 1.807) is 6.20 Å². The van der Waals surface area contributed by atoms with Crippen LogP contribution >= 0.6 is 0 Å². The maximum Gasteiger partial charge on any atom is 0.303 e. The zero-order valence-corrected chi connectivity index (χ0v) is 22.8. The predicted molar refractivity (Wildman–Crippen MR) is 154 cm³/mol. The molecule has 1 fully saturated rings. The summed E-state index contributed by atoms with van der Waals surface area (Å²) in [5, 5.41) is 12.0. The Balaban J connectivity index is 1.39. The molecular weight excluding hydrogens is 490 g/mol. The number of aromatic nitrogens is 1. The number of nitrogens with zero attached hydrogens (tertiary/aromatic N) is 2. The number of amides is 1. The first-order chi connectivity index (χ1) is 19.1. The third-order valence-corrected chi connectivity index (χ3v) is 7.63. The van der Waals surface area contributed by atoms with Gasteiger partial charge in [-0.2, -0.15) is 0 Å². The number of allylic oxidation sites excluding steroid dienone is 1. The van der Waals surface area contributed by atoms with Crippen LogP contribution in [0.5, 0.6) is 0 Å². The molecule has 1 aromatic carbocycles. The standard InChI is InChI=1S/C32H41N3O4/c36-30(37)19-6-2-5-16-26(25-15-11-20-33-22-25)27-17-7-8-18-28(27)32-35-29(23-39-32)31(38)34-21-10-9-14-24-12-3-1-4-13-24/h7-8,11,15-18,20,22,24,29H,1-6,9-10,12-14,19,21,23H2,(H,34,38)(H,36,37)/b26-16-/t29-/m1/s1. The molecule has 0 radical (unpaired) electrons. The maximum atomic E-state index is 12.8. The number of aliphatic carboxylic acids is 1. The number of carbonyl (C=O) groups is 2. The molecule has 7 nitrogen and oxygen atoms in total. The molecule has 1 aromatic heterocycles. The van der Waals surface area contributed by atoms with Crippen LogP contribution in [0.3, 0.4) is 0 Å². The summed E-state index contributed by atoms with van der Waals surface area (Å²) >= 11 is 0. The van der Waals surface area contributed by atoms with Crippen LogP contribution in [0.15, 0.2) is 59.9 Å². The monoisotopic (exact) mass is 531 g/mol. The van der Waals surface area contributed by atoms with Gasteiger partial charge in [0, 0.05) is 36.5 Å². The van der Waals surface area contributed by atoms with Gasteiger partial charge in [0.15, 0.2) is 6.04 Å². The second kappa shape index (κ2) is 15.2. The van der Waals surface area contributed by atoms with Gasteiger partial charge in [0.05, 0.1) is 0 Å². The van der Waals surface area contributed by atoms with Crippen LogP contribution in [0, 0.1) is 5.92 Å². The zero-order valence-electron chi connectivity index (χ0n) is 22.8. The van der Waals surface area contributed by atoms with Crippen LogP contribution in [0.2, 0.25) is 0 Å². The van der Waals surface area contributed by atoms with E-state index < -0.39 is 12.0 Å². The molecule has 2 N–H and O–H groups in total. The summed E-state index contributed by atoms with van der Waals surface area (Å²) in [7, 11) is 0. The molecule has 1 aliphatic heterocycles. The molecule has 2 heterocycles. The molecule has 1 amide bonds. The molecule has 0 spiro atoms. The Labute approximate surface area is 231 Å². The molecule has 7 heteroatoms. The minimum absolute atomic E-state index is 0.0818. The quantitative estimate of drug-likeness (QED) is 0.284. The third-order valence-electron chi connectivity index (χ3n) is 7.63. The number of hydrogen-bond donors (Lipinski definition) is 2. The molecule has 208 valence electrons. The molecule has 0 bridgehead atoms. The molecule has 2 aliphatic rings. The predicted octanol–water partition coefficient (Wildman–Crippen LogP) is 6.17. The third kappa shape index (κ3) is 8.77. The van der Waals surface area contributed by atoms with Gasteiger partial charge >= 0.3 is 5.97 Å². The molecule has 1 atom stereocenters. The van der Waals surface area contributed by atoms with Crippen molar-refractivity contribution >= 4 is 23.3 Å². The van der Waals surface area contributed by atoms with Gasteiger partial charge in [0.25, 0.3) is 0 Å². The molecule has 1 aliphatic carbocycles. The summed E-state index contributed by atoms with van der Waals surface area (Å²) in [4.78, 5) is 32.7. The van der Waals surface area contributed by atoms with Gasteiger partial charge in [-0.3, -0.25) is 14.6 Å². The van der Waals surface area contributed by atoms with E-state index in [2.05, 4.69) is 21.4 Å². The molecule has 2 aromatic rings. The molecular formula is C32H41N3O4. The van der Waals surface area contributed by atoms with Crippen molar-refractivity contribution in [3.8, 4) is 0 Å². The fourth-order valence-corrected chi connectivity index (χ4v) is 5.50. The number of hydrogen-bond acceptors (Lipinski definition) is 5. The fraction of sp³-hybridized carbons (Fsp3) is 0.500. The van der Waals surface area contributed by atoms with Gasteiger partial charge in [0.1, 0.15) is 6.61 Å². The van der Waals surface area contributed by atoms with Gasteiger partial charge in [0.2, 0.25) is 11.8 Å². The van der Waals surface area contributed by atoms with Gasteiger partial charge < -0.3 is 15.2 Å². The Kier molecular flexibility index (Phi) is 11.1. The number of carboxylic acid groups (broad SMARTS) is 1. The van der Waals surface area contributed by atoms with E-state index in [0.717, 1.165) is 53.9 Å². The van der Waals surface area contributed by atoms with E-state index in [0.29, 0.717) is 18.9 Å². The highest BCUT2D eigenvalue weighted by Gasteiger charge is 2.28. The Hall–Kier alpha value is -3.48. The minimum Gasteiger partial charge on any atom is -0.481 e. The maximum absolute atomic E-state index is 12.8. The van der Waals surface area contributed by atoms with Crippen LogP contribution in [-0.2, 0) is 14.3 Å². The average molecular weight is 532 g/mol. The highest BCUT2D eigenvalue weighted by atomic mass is 16.5. The lowest BCUT2D eigenvalue weighted by Gasteiger charge is -2.21. The molecule has 4 rings (SSSR count). The molecule has 0 saturated heterocycles. The summed E-state index contributed by atoms with van der Waals surface area (Å²) in [6.45, 7) is 0.915. The summed E-state index contributed by atoms with van der Waals surface area (Å²) in [5.41, 5.74) is 3.74. The van der Waals surface area contributed by atoms with Crippen molar-refractivity contribution < 1.29 is 19.4 Å². The Morgan fingerprint density at radius 1 is 1.03 bits per heavy atom. The fourth-order valence-electron chi connectivity index (χ4n) is 5.50. The summed E-state index contributed by atoms with van der Waals surface area (Å²) in [6.07, 6.45) is 18.3. The largest absolute Gasteiger partial charge is 0.481 e. The first-order valence-corrected chi connectivity index (χ1v) is 14.5. The highest BCUT2D eigenvalue weighted by Crippen LogP contribution is 2.29. The number of ether oxygens (including phenoxy) is 1. The van der Waals surface area contributed by atoms with Crippen molar-refractivity contribution in [3.05, 3.63) is 71.6 Å². The number of benzene rings is 1. The van der Waals surface area contributed by atoms with Crippen molar-refractivity contribution in [2.75, 3.05) is 13.2 Å². The lowest BCUT2D eigenvalue weighted by atomic mass is 9.86. The zero-order chi connectivity index (χ0) is 27.3.